The minimum absolute atomic E-state index is 0.143. The van der Waals surface area contributed by atoms with Crippen LogP contribution in [0, 0.1) is 6.92 Å². The van der Waals surface area contributed by atoms with Crippen molar-refractivity contribution >= 4 is 35.0 Å². The van der Waals surface area contributed by atoms with Crippen LogP contribution in [0.1, 0.15) is 23.6 Å². The predicted molar refractivity (Wildman–Crippen MR) is 105 cm³/mol. The number of nitrogens with zero attached hydrogens (tertiary/aromatic N) is 1. The van der Waals surface area contributed by atoms with Gasteiger partial charge in [0.15, 0.2) is 0 Å². The minimum atomic E-state index is -0.587. The molecule has 0 aliphatic heterocycles. The Bertz CT molecular complexity index is 791. The van der Waals surface area contributed by atoms with Crippen LogP contribution in [-0.4, -0.2) is 29.8 Å². The van der Waals surface area contributed by atoms with Gasteiger partial charge in [-0.15, -0.1) is 0 Å². The number of benzene rings is 2. The zero-order valence-corrected chi connectivity index (χ0v) is 16.6. The lowest BCUT2D eigenvalue weighted by Crippen LogP contribution is -2.47. The lowest BCUT2D eigenvalue weighted by Gasteiger charge is -2.28. The summed E-state index contributed by atoms with van der Waals surface area (Å²) < 4.78 is 0. The van der Waals surface area contributed by atoms with Crippen molar-refractivity contribution < 1.29 is 9.59 Å². The predicted octanol–water partition coefficient (Wildman–Crippen LogP) is 4.01. The lowest BCUT2D eigenvalue weighted by molar-refractivity contribution is -0.139. The number of likely N-dealkylation sites (N-methyl/N-ethyl adjacent to an activating group) is 1. The normalized spacial score (nSPS) is 11.7. The van der Waals surface area contributed by atoms with Crippen LogP contribution in [0.3, 0.4) is 0 Å². The molecule has 0 bridgehead atoms. The summed E-state index contributed by atoms with van der Waals surface area (Å²) >= 11 is 12.0. The Morgan fingerprint density at radius 3 is 2.23 bits per heavy atom. The first-order valence-corrected chi connectivity index (χ1v) is 9.08. The average Bonchev–Trinajstić information content (AvgIpc) is 2.63. The second-order valence-corrected chi connectivity index (χ2v) is 7.04. The standard InChI is InChI=1S/C20H22Cl2N2O2/c1-13-4-6-15(7-5-13)12-24(14(2)20(26)23-3)19(25)11-16-8-9-17(21)18(22)10-16/h4-10,14H,11-12H2,1-3H3,(H,23,26)/t14-/m0/s1. The van der Waals surface area contributed by atoms with Gasteiger partial charge < -0.3 is 10.2 Å². The van der Waals surface area contributed by atoms with Crippen molar-refractivity contribution in [2.24, 2.45) is 0 Å². The van der Waals surface area contributed by atoms with Crippen molar-refractivity contribution in [3.63, 3.8) is 0 Å². The van der Waals surface area contributed by atoms with Crippen LogP contribution >= 0.6 is 23.2 Å². The number of hydrogen-bond acceptors (Lipinski definition) is 2. The third-order valence-electron chi connectivity index (χ3n) is 4.23. The van der Waals surface area contributed by atoms with Crippen molar-refractivity contribution in [2.45, 2.75) is 32.9 Å². The highest BCUT2D eigenvalue weighted by Crippen LogP contribution is 2.23. The summed E-state index contributed by atoms with van der Waals surface area (Å²) in [5, 5.41) is 3.45. The maximum Gasteiger partial charge on any atom is 0.242 e. The molecule has 2 aromatic carbocycles. The molecule has 138 valence electrons. The van der Waals surface area contributed by atoms with Crippen LogP contribution in [0.5, 0.6) is 0 Å². The van der Waals surface area contributed by atoms with Crippen LogP contribution in [0.4, 0.5) is 0 Å². The molecule has 0 aliphatic carbocycles. The average molecular weight is 393 g/mol. The number of carbonyl (C=O) groups excluding carboxylic acids is 2. The molecule has 4 nitrogen and oxygen atoms in total. The van der Waals surface area contributed by atoms with Crippen LogP contribution in [0.25, 0.3) is 0 Å². The first kappa shape index (κ1) is 20.3. The zero-order chi connectivity index (χ0) is 19.3. The van der Waals surface area contributed by atoms with Crippen LogP contribution < -0.4 is 5.32 Å². The van der Waals surface area contributed by atoms with Crippen molar-refractivity contribution in [2.75, 3.05) is 7.05 Å². The molecule has 6 heteroatoms. The molecule has 2 rings (SSSR count). The van der Waals surface area contributed by atoms with Gasteiger partial charge in [0.05, 0.1) is 16.5 Å². The maximum atomic E-state index is 12.9. The molecule has 0 saturated carbocycles. The van der Waals surface area contributed by atoms with Crippen molar-refractivity contribution in [3.8, 4) is 0 Å². The molecule has 1 N–H and O–H groups in total. The van der Waals surface area contributed by atoms with E-state index in [0.717, 1.165) is 16.7 Å². The summed E-state index contributed by atoms with van der Waals surface area (Å²) in [5.41, 5.74) is 2.86. The molecule has 2 aromatic rings. The monoisotopic (exact) mass is 392 g/mol. The fraction of sp³-hybridized carbons (Fsp3) is 0.300. The lowest BCUT2D eigenvalue weighted by atomic mass is 10.1. The Balaban J connectivity index is 2.23. The van der Waals surface area contributed by atoms with Gasteiger partial charge in [0.25, 0.3) is 0 Å². The number of aryl methyl sites for hydroxylation is 1. The van der Waals surface area contributed by atoms with Gasteiger partial charge in [0, 0.05) is 13.6 Å². The van der Waals surface area contributed by atoms with Gasteiger partial charge >= 0.3 is 0 Å². The second kappa shape index (κ2) is 9.06. The highest BCUT2D eigenvalue weighted by Gasteiger charge is 2.25. The molecular weight excluding hydrogens is 371 g/mol. The quantitative estimate of drug-likeness (QED) is 0.806. The molecule has 0 heterocycles. The fourth-order valence-electron chi connectivity index (χ4n) is 2.61. The van der Waals surface area contributed by atoms with E-state index in [1.54, 1.807) is 37.1 Å². The number of nitrogens with one attached hydrogen (secondary N) is 1. The summed E-state index contributed by atoms with van der Waals surface area (Å²) in [7, 11) is 1.56. The number of halogens is 2. The number of rotatable bonds is 6. The maximum absolute atomic E-state index is 12.9. The highest BCUT2D eigenvalue weighted by atomic mass is 35.5. The summed E-state index contributed by atoms with van der Waals surface area (Å²) in [5.74, 6) is -0.361. The SMILES string of the molecule is CNC(=O)[C@H](C)N(Cc1ccc(C)cc1)C(=O)Cc1ccc(Cl)c(Cl)c1. The van der Waals surface area contributed by atoms with E-state index in [9.17, 15) is 9.59 Å². The summed E-state index contributed by atoms with van der Waals surface area (Å²) in [6.07, 6.45) is 0.143. The van der Waals surface area contributed by atoms with E-state index in [1.807, 2.05) is 31.2 Å². The molecule has 0 aliphatic rings. The molecule has 0 unspecified atom stereocenters. The second-order valence-electron chi connectivity index (χ2n) is 6.22. The van der Waals surface area contributed by atoms with E-state index in [4.69, 9.17) is 23.2 Å². The van der Waals surface area contributed by atoms with E-state index >= 15 is 0 Å². The molecule has 1 atom stereocenters. The molecule has 0 fully saturated rings. The zero-order valence-electron chi connectivity index (χ0n) is 15.1. The molecule has 0 aromatic heterocycles. The third kappa shape index (κ3) is 5.23. The molecule has 0 saturated heterocycles. The molecule has 26 heavy (non-hydrogen) atoms. The Morgan fingerprint density at radius 1 is 1.04 bits per heavy atom. The molecular formula is C20H22Cl2N2O2. The Kier molecular flexibility index (Phi) is 7.06. The first-order valence-electron chi connectivity index (χ1n) is 8.32. The van der Waals surface area contributed by atoms with E-state index in [-0.39, 0.29) is 18.2 Å². The fourth-order valence-corrected chi connectivity index (χ4v) is 2.93. The van der Waals surface area contributed by atoms with Gasteiger partial charge in [-0.1, -0.05) is 59.1 Å². The van der Waals surface area contributed by atoms with Gasteiger partial charge in [-0.05, 0) is 37.1 Å². The smallest absolute Gasteiger partial charge is 0.242 e. The highest BCUT2D eigenvalue weighted by molar-refractivity contribution is 6.42. The van der Waals surface area contributed by atoms with Crippen LogP contribution in [-0.2, 0) is 22.6 Å². The Hall–Kier alpha value is -2.04. The molecule has 0 radical (unpaired) electrons. The third-order valence-corrected chi connectivity index (χ3v) is 4.97. The first-order chi connectivity index (χ1) is 12.3. The Morgan fingerprint density at radius 2 is 1.65 bits per heavy atom. The van der Waals surface area contributed by atoms with E-state index in [1.165, 1.54) is 0 Å². The van der Waals surface area contributed by atoms with Crippen LogP contribution in [0.15, 0.2) is 42.5 Å². The Labute approximate surface area is 164 Å². The van der Waals surface area contributed by atoms with Crippen LogP contribution in [0.2, 0.25) is 10.0 Å². The molecule has 2 amide bonds. The van der Waals surface area contributed by atoms with Gasteiger partial charge in [-0.25, -0.2) is 0 Å². The van der Waals surface area contributed by atoms with Crippen molar-refractivity contribution in [1.82, 2.24) is 10.2 Å². The number of carbonyl (C=O) groups is 2. The summed E-state index contributed by atoms with van der Waals surface area (Å²) in [6, 6.07) is 12.4. The molecule has 0 spiro atoms. The minimum Gasteiger partial charge on any atom is -0.357 e. The van der Waals surface area contributed by atoms with E-state index in [0.29, 0.717) is 16.6 Å². The van der Waals surface area contributed by atoms with Crippen molar-refractivity contribution in [3.05, 3.63) is 69.2 Å². The number of amides is 2. The van der Waals surface area contributed by atoms with E-state index in [2.05, 4.69) is 5.32 Å². The largest absolute Gasteiger partial charge is 0.357 e. The van der Waals surface area contributed by atoms with Crippen molar-refractivity contribution in [1.29, 1.82) is 0 Å². The van der Waals surface area contributed by atoms with Gasteiger partial charge in [0.2, 0.25) is 11.8 Å². The summed E-state index contributed by atoms with van der Waals surface area (Å²) in [4.78, 5) is 26.6. The van der Waals surface area contributed by atoms with Gasteiger partial charge in [-0.3, -0.25) is 9.59 Å². The topological polar surface area (TPSA) is 49.4 Å². The number of hydrogen-bond donors (Lipinski definition) is 1. The van der Waals surface area contributed by atoms with Gasteiger partial charge in [-0.2, -0.15) is 0 Å². The van der Waals surface area contributed by atoms with E-state index < -0.39 is 6.04 Å². The summed E-state index contributed by atoms with van der Waals surface area (Å²) in [6.45, 7) is 4.08. The van der Waals surface area contributed by atoms with Gasteiger partial charge in [0.1, 0.15) is 6.04 Å².